The first-order valence-electron chi connectivity index (χ1n) is 8.60. The molecule has 144 valence electrons. The summed E-state index contributed by atoms with van der Waals surface area (Å²) in [4.78, 5) is 27.0. The van der Waals surface area contributed by atoms with E-state index in [1.807, 2.05) is 44.2 Å². The number of amides is 1. The number of hydrogen-bond donors (Lipinski definition) is 2. The molecule has 0 saturated carbocycles. The van der Waals surface area contributed by atoms with Crippen molar-refractivity contribution in [3.63, 3.8) is 0 Å². The Labute approximate surface area is 171 Å². The first-order chi connectivity index (χ1) is 13.4. The van der Waals surface area contributed by atoms with E-state index < -0.39 is 0 Å². The van der Waals surface area contributed by atoms with Gasteiger partial charge < -0.3 is 5.32 Å². The first kappa shape index (κ1) is 20.1. The van der Waals surface area contributed by atoms with E-state index in [0.717, 1.165) is 34.1 Å². The lowest BCUT2D eigenvalue weighted by Crippen LogP contribution is -2.19. The fourth-order valence-electron chi connectivity index (χ4n) is 2.70. The van der Waals surface area contributed by atoms with Gasteiger partial charge in [-0.1, -0.05) is 41.6 Å². The number of carbonyl (C=O) groups excluding carboxylic acids is 1. The minimum absolute atomic E-state index is 0.119. The average molecular weight is 415 g/mol. The van der Waals surface area contributed by atoms with Crippen LogP contribution >= 0.6 is 23.4 Å². The Morgan fingerprint density at radius 1 is 1.11 bits per heavy atom. The predicted molar refractivity (Wildman–Crippen MR) is 112 cm³/mol. The van der Waals surface area contributed by atoms with Gasteiger partial charge in [0.1, 0.15) is 5.69 Å². The molecule has 0 aliphatic heterocycles. The second-order valence-corrected chi connectivity index (χ2v) is 7.82. The van der Waals surface area contributed by atoms with Crippen molar-refractivity contribution in [2.24, 2.45) is 0 Å². The number of H-pyrrole nitrogens is 1. The largest absolute Gasteiger partial charge is 0.325 e. The van der Waals surface area contributed by atoms with Gasteiger partial charge in [-0.2, -0.15) is 0 Å². The number of nitrogens with zero attached hydrogens (tertiary/aromatic N) is 2. The van der Waals surface area contributed by atoms with Crippen LogP contribution < -0.4 is 10.9 Å². The number of aromatic amines is 1. The highest BCUT2D eigenvalue weighted by molar-refractivity contribution is 7.99. The van der Waals surface area contributed by atoms with Gasteiger partial charge >= 0.3 is 0 Å². The Bertz CT molecular complexity index is 1030. The number of thioether (sulfide) groups is 1. The summed E-state index contributed by atoms with van der Waals surface area (Å²) in [6.07, 6.45) is 0.359. The lowest BCUT2D eigenvalue weighted by molar-refractivity contribution is -0.113. The van der Waals surface area contributed by atoms with Crippen molar-refractivity contribution in [2.75, 3.05) is 11.1 Å². The molecule has 0 radical (unpaired) electrons. The highest BCUT2D eigenvalue weighted by Crippen LogP contribution is 2.16. The Hall–Kier alpha value is -2.64. The molecule has 1 aromatic heterocycles. The van der Waals surface area contributed by atoms with Gasteiger partial charge in [-0.15, -0.1) is 10.2 Å². The van der Waals surface area contributed by atoms with Crippen molar-refractivity contribution < 1.29 is 4.79 Å². The van der Waals surface area contributed by atoms with Crippen molar-refractivity contribution in [2.45, 2.75) is 25.4 Å². The van der Waals surface area contributed by atoms with Crippen LogP contribution in [0.5, 0.6) is 0 Å². The fourth-order valence-corrected chi connectivity index (χ4v) is 3.43. The third-order valence-electron chi connectivity index (χ3n) is 3.87. The van der Waals surface area contributed by atoms with Crippen molar-refractivity contribution in [1.82, 2.24) is 15.2 Å². The van der Waals surface area contributed by atoms with Crippen LogP contribution in [0.15, 0.2) is 52.4 Å². The molecule has 0 bridgehead atoms. The van der Waals surface area contributed by atoms with E-state index in [9.17, 15) is 9.59 Å². The number of anilines is 1. The molecule has 0 unspecified atom stereocenters. The maximum absolute atomic E-state index is 12.2. The topological polar surface area (TPSA) is 87.7 Å². The SMILES string of the molecule is Cc1cc(C)cc(NC(=O)CSc2nnc(Cc3ccc(Cl)cc3)c(=O)[nH]2)c1. The molecule has 3 aromatic rings. The zero-order valence-electron chi connectivity index (χ0n) is 15.5. The Morgan fingerprint density at radius 3 is 2.43 bits per heavy atom. The highest BCUT2D eigenvalue weighted by Gasteiger charge is 2.09. The van der Waals surface area contributed by atoms with Crippen LogP contribution in [0.4, 0.5) is 5.69 Å². The molecular formula is C20H19ClN4O2S. The van der Waals surface area contributed by atoms with Crippen molar-refractivity contribution in [3.8, 4) is 0 Å². The average Bonchev–Trinajstić information content (AvgIpc) is 2.63. The van der Waals surface area contributed by atoms with E-state index in [0.29, 0.717) is 22.3 Å². The summed E-state index contributed by atoms with van der Waals surface area (Å²) in [5.74, 6) is -0.0587. The van der Waals surface area contributed by atoms with E-state index in [4.69, 9.17) is 11.6 Å². The van der Waals surface area contributed by atoms with Crippen LogP contribution in [0, 0.1) is 13.8 Å². The number of aromatic nitrogens is 3. The zero-order chi connectivity index (χ0) is 20.1. The lowest BCUT2D eigenvalue weighted by atomic mass is 10.1. The molecule has 0 atom stereocenters. The lowest BCUT2D eigenvalue weighted by Gasteiger charge is -2.07. The summed E-state index contributed by atoms with van der Waals surface area (Å²) >= 11 is 6.99. The number of carbonyl (C=O) groups is 1. The minimum atomic E-state index is -0.317. The third kappa shape index (κ3) is 5.68. The Morgan fingerprint density at radius 2 is 1.79 bits per heavy atom. The summed E-state index contributed by atoms with van der Waals surface area (Å²) in [5, 5.41) is 11.8. The molecule has 3 rings (SSSR count). The monoisotopic (exact) mass is 414 g/mol. The summed E-state index contributed by atoms with van der Waals surface area (Å²) < 4.78 is 0. The molecule has 0 saturated heterocycles. The van der Waals surface area contributed by atoms with E-state index in [1.165, 1.54) is 0 Å². The zero-order valence-corrected chi connectivity index (χ0v) is 17.0. The van der Waals surface area contributed by atoms with E-state index >= 15 is 0 Å². The van der Waals surface area contributed by atoms with Crippen LogP contribution in [-0.2, 0) is 11.2 Å². The number of benzene rings is 2. The van der Waals surface area contributed by atoms with Crippen LogP contribution in [0.2, 0.25) is 5.02 Å². The van der Waals surface area contributed by atoms with Gasteiger partial charge in [0.15, 0.2) is 5.16 Å². The van der Waals surface area contributed by atoms with E-state index in [-0.39, 0.29) is 17.2 Å². The second kappa shape index (κ2) is 9.03. The fraction of sp³-hybridized carbons (Fsp3) is 0.200. The van der Waals surface area contributed by atoms with Crippen molar-refractivity contribution >= 4 is 35.0 Å². The van der Waals surface area contributed by atoms with Crippen LogP contribution in [0.3, 0.4) is 0 Å². The molecular weight excluding hydrogens is 396 g/mol. The molecule has 0 spiro atoms. The molecule has 6 nitrogen and oxygen atoms in total. The predicted octanol–water partition coefficient (Wildman–Crippen LogP) is 3.76. The summed E-state index contributed by atoms with van der Waals surface area (Å²) in [5.41, 5.74) is 3.82. The van der Waals surface area contributed by atoms with Crippen molar-refractivity contribution in [3.05, 3.63) is 80.2 Å². The minimum Gasteiger partial charge on any atom is -0.325 e. The van der Waals surface area contributed by atoms with Gasteiger partial charge in [-0.05, 0) is 54.8 Å². The summed E-state index contributed by atoms with van der Waals surface area (Å²) in [6.45, 7) is 3.95. The molecule has 1 amide bonds. The maximum Gasteiger partial charge on any atom is 0.273 e. The molecule has 2 aromatic carbocycles. The van der Waals surface area contributed by atoms with E-state index in [2.05, 4.69) is 20.5 Å². The molecule has 28 heavy (non-hydrogen) atoms. The summed E-state index contributed by atoms with van der Waals surface area (Å²) in [6, 6.07) is 13.0. The van der Waals surface area contributed by atoms with Gasteiger partial charge in [0.2, 0.25) is 5.91 Å². The number of hydrogen-bond acceptors (Lipinski definition) is 5. The molecule has 1 heterocycles. The number of rotatable bonds is 6. The standard InChI is InChI=1S/C20H19ClN4O2S/c1-12-7-13(2)9-16(8-12)22-18(26)11-28-20-23-19(27)17(24-25-20)10-14-3-5-15(21)6-4-14/h3-9H,10-11H2,1-2H3,(H,22,26)(H,23,25,27). The smallest absolute Gasteiger partial charge is 0.273 e. The number of halogens is 1. The molecule has 0 fully saturated rings. The van der Waals surface area contributed by atoms with Gasteiger partial charge in [0.25, 0.3) is 5.56 Å². The number of nitrogens with one attached hydrogen (secondary N) is 2. The Kier molecular flexibility index (Phi) is 6.49. The van der Waals surface area contributed by atoms with Crippen LogP contribution in [0.25, 0.3) is 0 Å². The van der Waals surface area contributed by atoms with Gasteiger partial charge in [0.05, 0.1) is 5.75 Å². The van der Waals surface area contributed by atoms with Gasteiger partial charge in [-0.25, -0.2) is 0 Å². The third-order valence-corrected chi connectivity index (χ3v) is 4.99. The van der Waals surface area contributed by atoms with Crippen LogP contribution in [0.1, 0.15) is 22.4 Å². The first-order valence-corrected chi connectivity index (χ1v) is 9.96. The molecule has 2 N–H and O–H groups in total. The van der Waals surface area contributed by atoms with Gasteiger partial charge in [-0.3, -0.25) is 14.6 Å². The maximum atomic E-state index is 12.2. The van der Waals surface area contributed by atoms with Crippen molar-refractivity contribution in [1.29, 1.82) is 0 Å². The number of aryl methyl sites for hydroxylation is 2. The summed E-state index contributed by atoms with van der Waals surface area (Å²) in [7, 11) is 0. The second-order valence-electron chi connectivity index (χ2n) is 6.42. The Balaban J connectivity index is 1.58. The highest BCUT2D eigenvalue weighted by atomic mass is 35.5. The molecule has 0 aliphatic rings. The van der Waals surface area contributed by atoms with Gasteiger partial charge in [0, 0.05) is 17.1 Å². The molecule has 8 heteroatoms. The van der Waals surface area contributed by atoms with E-state index in [1.54, 1.807) is 12.1 Å². The normalized spacial score (nSPS) is 10.7. The quantitative estimate of drug-likeness (QED) is 0.599. The van der Waals surface area contributed by atoms with Crippen LogP contribution in [-0.4, -0.2) is 26.8 Å². The molecule has 0 aliphatic carbocycles.